The number of halogens is 1. The van der Waals surface area contributed by atoms with Gasteiger partial charge in [0.1, 0.15) is 5.82 Å². The van der Waals surface area contributed by atoms with Gasteiger partial charge in [-0.05, 0) is 56.0 Å². The van der Waals surface area contributed by atoms with E-state index in [1.807, 2.05) is 12.1 Å². The van der Waals surface area contributed by atoms with Crippen LogP contribution in [0.25, 0.3) is 0 Å². The summed E-state index contributed by atoms with van der Waals surface area (Å²) in [5.74, 6) is 0.503. The third kappa shape index (κ3) is 4.56. The number of rotatable bonds is 5. The number of benzene rings is 1. The molecule has 0 amide bonds. The average molecular weight is 266 g/mol. The summed E-state index contributed by atoms with van der Waals surface area (Å²) in [5, 5.41) is 8.95. The Balaban J connectivity index is 1.75. The minimum atomic E-state index is -0.170. The van der Waals surface area contributed by atoms with Gasteiger partial charge in [-0.15, -0.1) is 0 Å². The molecule has 0 saturated carbocycles. The molecule has 4 heteroatoms. The summed E-state index contributed by atoms with van der Waals surface area (Å²) in [6.07, 6.45) is 3.32. The molecule has 1 aromatic carbocycles. The lowest BCUT2D eigenvalue weighted by molar-refractivity contribution is 0.154. The van der Waals surface area contributed by atoms with E-state index < -0.39 is 0 Å². The fourth-order valence-electron chi connectivity index (χ4n) is 2.72. The third-order valence-electron chi connectivity index (χ3n) is 3.87. The van der Waals surface area contributed by atoms with Crippen LogP contribution < -0.4 is 5.73 Å². The predicted molar refractivity (Wildman–Crippen MR) is 74.3 cm³/mol. The minimum Gasteiger partial charge on any atom is -0.395 e. The topological polar surface area (TPSA) is 49.5 Å². The summed E-state index contributed by atoms with van der Waals surface area (Å²) in [6.45, 7) is 2.91. The van der Waals surface area contributed by atoms with Crippen LogP contribution in [0.5, 0.6) is 0 Å². The Kier molecular flexibility index (Phi) is 5.31. The first-order valence-corrected chi connectivity index (χ1v) is 7.00. The van der Waals surface area contributed by atoms with E-state index in [-0.39, 0.29) is 18.5 Å². The van der Waals surface area contributed by atoms with E-state index in [1.54, 1.807) is 0 Å². The summed E-state index contributed by atoms with van der Waals surface area (Å²) < 4.78 is 12.8. The SMILES string of the molecule is NC(CO)CN1CCC(Cc2ccc(F)cc2)CC1. The van der Waals surface area contributed by atoms with Crippen LogP contribution in [0.3, 0.4) is 0 Å². The largest absolute Gasteiger partial charge is 0.395 e. The van der Waals surface area contributed by atoms with Gasteiger partial charge in [0.25, 0.3) is 0 Å². The standard InChI is InChI=1S/C15H23FN2O/c16-14-3-1-12(2-4-14)9-13-5-7-18(8-6-13)10-15(17)11-19/h1-4,13,15,19H,5-11,17H2. The van der Waals surface area contributed by atoms with Gasteiger partial charge in [-0.2, -0.15) is 0 Å². The summed E-state index contributed by atoms with van der Waals surface area (Å²) in [7, 11) is 0. The number of nitrogens with two attached hydrogens (primary N) is 1. The van der Waals surface area contributed by atoms with Crippen LogP contribution in [0.4, 0.5) is 4.39 Å². The first-order valence-electron chi connectivity index (χ1n) is 7.00. The molecule has 1 aliphatic heterocycles. The molecular formula is C15H23FN2O. The molecule has 3 N–H and O–H groups in total. The fraction of sp³-hybridized carbons (Fsp3) is 0.600. The molecule has 1 saturated heterocycles. The zero-order chi connectivity index (χ0) is 13.7. The Morgan fingerprint density at radius 1 is 1.26 bits per heavy atom. The van der Waals surface area contributed by atoms with Crippen molar-refractivity contribution in [3.05, 3.63) is 35.6 Å². The molecule has 3 nitrogen and oxygen atoms in total. The zero-order valence-electron chi connectivity index (χ0n) is 11.3. The van der Waals surface area contributed by atoms with Gasteiger partial charge in [-0.3, -0.25) is 0 Å². The summed E-state index contributed by atoms with van der Waals surface area (Å²) >= 11 is 0. The Hall–Kier alpha value is -0.970. The van der Waals surface area contributed by atoms with Crippen LogP contribution >= 0.6 is 0 Å². The average Bonchev–Trinajstić information content (AvgIpc) is 2.43. The number of aliphatic hydroxyl groups excluding tert-OH is 1. The summed E-state index contributed by atoms with van der Waals surface area (Å²) in [5.41, 5.74) is 6.96. The van der Waals surface area contributed by atoms with Crippen molar-refractivity contribution < 1.29 is 9.50 Å². The molecule has 1 unspecified atom stereocenters. The smallest absolute Gasteiger partial charge is 0.123 e. The van der Waals surface area contributed by atoms with Gasteiger partial charge < -0.3 is 15.7 Å². The van der Waals surface area contributed by atoms with E-state index in [0.29, 0.717) is 5.92 Å². The fourth-order valence-corrected chi connectivity index (χ4v) is 2.72. The molecule has 1 aliphatic rings. The molecule has 2 rings (SSSR count). The molecule has 0 radical (unpaired) electrons. The van der Waals surface area contributed by atoms with Crippen molar-refractivity contribution in [2.45, 2.75) is 25.3 Å². The Bertz CT molecular complexity index is 374. The molecule has 1 heterocycles. The van der Waals surface area contributed by atoms with Crippen molar-refractivity contribution in [3.8, 4) is 0 Å². The molecule has 0 aromatic heterocycles. The maximum absolute atomic E-state index is 12.8. The molecule has 1 fully saturated rings. The van der Waals surface area contributed by atoms with E-state index in [9.17, 15) is 4.39 Å². The zero-order valence-corrected chi connectivity index (χ0v) is 11.3. The first kappa shape index (κ1) is 14.4. The molecule has 19 heavy (non-hydrogen) atoms. The van der Waals surface area contributed by atoms with Crippen molar-refractivity contribution in [1.82, 2.24) is 4.90 Å². The normalized spacial score (nSPS) is 19.5. The Morgan fingerprint density at radius 2 is 1.89 bits per heavy atom. The Labute approximate surface area is 114 Å². The number of hydrogen-bond donors (Lipinski definition) is 2. The van der Waals surface area contributed by atoms with Crippen LogP contribution in [0.1, 0.15) is 18.4 Å². The van der Waals surface area contributed by atoms with Crippen molar-refractivity contribution in [2.75, 3.05) is 26.2 Å². The Morgan fingerprint density at radius 3 is 2.47 bits per heavy atom. The second kappa shape index (κ2) is 6.98. The van der Waals surface area contributed by atoms with Gasteiger partial charge in [0, 0.05) is 12.6 Å². The van der Waals surface area contributed by atoms with Gasteiger partial charge >= 0.3 is 0 Å². The number of aliphatic hydroxyl groups is 1. The highest BCUT2D eigenvalue weighted by Crippen LogP contribution is 2.21. The minimum absolute atomic E-state index is 0.0511. The molecule has 1 atom stereocenters. The van der Waals surface area contributed by atoms with E-state index in [4.69, 9.17) is 10.8 Å². The monoisotopic (exact) mass is 266 g/mol. The van der Waals surface area contributed by atoms with Crippen LogP contribution in [-0.2, 0) is 6.42 Å². The third-order valence-corrected chi connectivity index (χ3v) is 3.87. The number of nitrogens with zero attached hydrogens (tertiary/aromatic N) is 1. The van der Waals surface area contributed by atoms with Crippen LogP contribution in [0.2, 0.25) is 0 Å². The van der Waals surface area contributed by atoms with Crippen LogP contribution in [0.15, 0.2) is 24.3 Å². The number of hydrogen-bond acceptors (Lipinski definition) is 3. The van der Waals surface area contributed by atoms with Crippen LogP contribution in [-0.4, -0.2) is 42.3 Å². The van der Waals surface area contributed by atoms with Gasteiger partial charge in [-0.25, -0.2) is 4.39 Å². The van der Waals surface area contributed by atoms with Crippen molar-refractivity contribution in [2.24, 2.45) is 11.7 Å². The lowest BCUT2D eigenvalue weighted by atomic mass is 9.90. The quantitative estimate of drug-likeness (QED) is 0.847. The van der Waals surface area contributed by atoms with E-state index in [1.165, 1.54) is 17.7 Å². The maximum Gasteiger partial charge on any atom is 0.123 e. The second-order valence-electron chi connectivity index (χ2n) is 5.52. The molecule has 1 aromatic rings. The van der Waals surface area contributed by atoms with E-state index in [0.717, 1.165) is 38.9 Å². The molecule has 106 valence electrons. The van der Waals surface area contributed by atoms with Crippen molar-refractivity contribution in [3.63, 3.8) is 0 Å². The van der Waals surface area contributed by atoms with Gasteiger partial charge in [0.2, 0.25) is 0 Å². The molecular weight excluding hydrogens is 243 g/mol. The molecule has 0 aliphatic carbocycles. The lowest BCUT2D eigenvalue weighted by Gasteiger charge is -2.33. The predicted octanol–water partition coefficient (Wildman–Crippen LogP) is 1.40. The summed E-state index contributed by atoms with van der Waals surface area (Å²) in [6, 6.07) is 6.69. The highest BCUT2D eigenvalue weighted by atomic mass is 19.1. The second-order valence-corrected chi connectivity index (χ2v) is 5.52. The van der Waals surface area contributed by atoms with Crippen molar-refractivity contribution >= 4 is 0 Å². The number of likely N-dealkylation sites (tertiary alicyclic amines) is 1. The van der Waals surface area contributed by atoms with Gasteiger partial charge in [0.05, 0.1) is 6.61 Å². The van der Waals surface area contributed by atoms with E-state index in [2.05, 4.69) is 4.90 Å². The van der Waals surface area contributed by atoms with Gasteiger partial charge in [0.15, 0.2) is 0 Å². The number of piperidine rings is 1. The summed E-state index contributed by atoms with van der Waals surface area (Å²) in [4.78, 5) is 2.32. The van der Waals surface area contributed by atoms with Crippen LogP contribution in [0, 0.1) is 11.7 Å². The lowest BCUT2D eigenvalue weighted by Crippen LogP contribution is -2.43. The van der Waals surface area contributed by atoms with E-state index >= 15 is 0 Å². The highest BCUT2D eigenvalue weighted by molar-refractivity contribution is 5.16. The molecule has 0 spiro atoms. The highest BCUT2D eigenvalue weighted by Gasteiger charge is 2.20. The molecule has 0 bridgehead atoms. The first-order chi connectivity index (χ1) is 9.17. The van der Waals surface area contributed by atoms with Gasteiger partial charge in [-0.1, -0.05) is 12.1 Å². The van der Waals surface area contributed by atoms with Crippen molar-refractivity contribution in [1.29, 1.82) is 0 Å². The maximum atomic E-state index is 12.8.